The Balaban J connectivity index is 1.27. The molecule has 9 aromatic rings. The van der Waals surface area contributed by atoms with Crippen molar-refractivity contribution in [2.24, 2.45) is 5.92 Å². The first-order chi connectivity index (χ1) is 23.2. The number of benzene rings is 6. The summed E-state index contributed by atoms with van der Waals surface area (Å²) >= 11 is 0. The summed E-state index contributed by atoms with van der Waals surface area (Å²) in [5.41, 5.74) is 12.1. The fourth-order valence-electron chi connectivity index (χ4n) is 8.23. The standard InChI is InChI=1S/C43H27N3O/c1-24-17-20-36-34(21-24)35-22-25-9-2-3-10-26(25)23-37(35)46(36)43-44-41(40-33-13-6-7-16-38(33)47-42(40)45-43)32-19-18-31-28-12-5-4-11-27(28)29-14-8-15-30(32)39(29)31/h2-20,22-24H,21H2,1H3. The number of aromatic nitrogens is 3. The van der Waals surface area contributed by atoms with E-state index < -0.39 is 0 Å². The number of hydrogen-bond acceptors (Lipinski definition) is 3. The van der Waals surface area contributed by atoms with E-state index in [2.05, 4.69) is 127 Å². The van der Waals surface area contributed by atoms with Crippen LogP contribution in [-0.4, -0.2) is 14.5 Å². The maximum Gasteiger partial charge on any atom is 0.238 e. The first-order valence-electron chi connectivity index (χ1n) is 16.3. The third-order valence-corrected chi connectivity index (χ3v) is 10.3. The van der Waals surface area contributed by atoms with E-state index in [0.717, 1.165) is 45.2 Å². The van der Waals surface area contributed by atoms with Gasteiger partial charge in [-0.15, -0.1) is 0 Å². The fourth-order valence-corrected chi connectivity index (χ4v) is 8.23. The highest BCUT2D eigenvalue weighted by Crippen LogP contribution is 2.50. The number of fused-ring (bicyclic) bond motifs is 10. The summed E-state index contributed by atoms with van der Waals surface area (Å²) in [6, 6.07) is 41.3. The van der Waals surface area contributed by atoms with Gasteiger partial charge >= 0.3 is 0 Å². The quantitative estimate of drug-likeness (QED) is 0.198. The van der Waals surface area contributed by atoms with Gasteiger partial charge in [-0.1, -0.05) is 110 Å². The number of para-hydroxylation sites is 1. The van der Waals surface area contributed by atoms with Gasteiger partial charge in [-0.25, -0.2) is 4.98 Å². The van der Waals surface area contributed by atoms with Crippen molar-refractivity contribution in [3.8, 4) is 39.5 Å². The molecule has 1 atom stereocenters. The molecule has 11 rings (SSSR count). The lowest BCUT2D eigenvalue weighted by molar-refractivity contribution is 0.650. The van der Waals surface area contributed by atoms with Crippen molar-refractivity contribution >= 4 is 60.6 Å². The van der Waals surface area contributed by atoms with Crippen LogP contribution in [0, 0.1) is 5.92 Å². The molecule has 0 saturated carbocycles. The zero-order chi connectivity index (χ0) is 30.8. The predicted octanol–water partition coefficient (Wildman–Crippen LogP) is 11.1. The highest BCUT2D eigenvalue weighted by atomic mass is 16.3. The van der Waals surface area contributed by atoms with Crippen molar-refractivity contribution in [3.05, 3.63) is 133 Å². The molecule has 0 saturated heterocycles. The van der Waals surface area contributed by atoms with Crippen LogP contribution in [0.15, 0.2) is 126 Å². The van der Waals surface area contributed by atoms with Gasteiger partial charge in [0.05, 0.1) is 22.3 Å². The molecule has 6 aromatic carbocycles. The third-order valence-electron chi connectivity index (χ3n) is 10.3. The van der Waals surface area contributed by atoms with Gasteiger partial charge in [0.15, 0.2) is 0 Å². The molecule has 0 N–H and O–H groups in total. The lowest BCUT2D eigenvalue weighted by Gasteiger charge is -2.16. The zero-order valence-electron chi connectivity index (χ0n) is 25.7. The second-order valence-corrected chi connectivity index (χ2v) is 13.0. The van der Waals surface area contributed by atoms with Crippen molar-refractivity contribution in [3.63, 3.8) is 0 Å². The maximum atomic E-state index is 6.54. The van der Waals surface area contributed by atoms with E-state index in [4.69, 9.17) is 14.4 Å². The van der Waals surface area contributed by atoms with E-state index in [0.29, 0.717) is 17.6 Å². The van der Waals surface area contributed by atoms with Crippen molar-refractivity contribution in [2.75, 3.05) is 0 Å². The largest absolute Gasteiger partial charge is 0.437 e. The number of furan rings is 1. The molecule has 0 radical (unpaired) electrons. The number of nitrogens with zero attached hydrogens (tertiary/aromatic N) is 3. The Morgan fingerprint density at radius 3 is 2.21 bits per heavy atom. The summed E-state index contributed by atoms with van der Waals surface area (Å²) in [6.45, 7) is 2.28. The molecule has 47 heavy (non-hydrogen) atoms. The van der Waals surface area contributed by atoms with Crippen LogP contribution >= 0.6 is 0 Å². The van der Waals surface area contributed by atoms with E-state index in [9.17, 15) is 0 Å². The zero-order valence-corrected chi connectivity index (χ0v) is 25.7. The molecule has 220 valence electrons. The average molecular weight is 602 g/mol. The molecule has 2 aliphatic carbocycles. The summed E-state index contributed by atoms with van der Waals surface area (Å²) < 4.78 is 8.79. The maximum absolute atomic E-state index is 6.54. The smallest absolute Gasteiger partial charge is 0.238 e. The number of hydrogen-bond donors (Lipinski definition) is 0. The number of rotatable bonds is 2. The fraction of sp³-hybridized carbons (Fsp3) is 0.0698. The van der Waals surface area contributed by atoms with Crippen LogP contribution in [0.2, 0.25) is 0 Å². The molecule has 0 amide bonds. The van der Waals surface area contributed by atoms with E-state index in [1.165, 1.54) is 54.7 Å². The molecule has 1 unspecified atom stereocenters. The lowest BCUT2D eigenvalue weighted by atomic mass is 9.92. The molecular weight excluding hydrogens is 574 g/mol. The molecule has 0 bridgehead atoms. The molecule has 0 spiro atoms. The summed E-state index contributed by atoms with van der Waals surface area (Å²) in [4.78, 5) is 10.7. The number of allylic oxidation sites excluding steroid dienone is 1. The Hall–Kier alpha value is -6.00. The second kappa shape index (κ2) is 9.05. The van der Waals surface area contributed by atoms with Crippen molar-refractivity contribution in [1.82, 2.24) is 14.5 Å². The summed E-state index contributed by atoms with van der Waals surface area (Å²) in [5, 5.41) is 8.13. The van der Waals surface area contributed by atoms with Crippen molar-refractivity contribution < 1.29 is 4.42 Å². The van der Waals surface area contributed by atoms with Gasteiger partial charge in [0, 0.05) is 16.3 Å². The highest BCUT2D eigenvalue weighted by Gasteiger charge is 2.27. The normalized spacial score (nSPS) is 15.0. The summed E-state index contributed by atoms with van der Waals surface area (Å²) in [5.74, 6) is 1.08. The predicted molar refractivity (Wildman–Crippen MR) is 193 cm³/mol. The molecule has 0 aliphatic heterocycles. The first kappa shape index (κ1) is 25.2. The molecule has 0 fully saturated rings. The Morgan fingerprint density at radius 1 is 0.638 bits per heavy atom. The van der Waals surface area contributed by atoms with Crippen LogP contribution in [0.4, 0.5) is 0 Å². The van der Waals surface area contributed by atoms with Gasteiger partial charge in [0.2, 0.25) is 11.7 Å². The van der Waals surface area contributed by atoms with Crippen LogP contribution in [0.5, 0.6) is 0 Å². The van der Waals surface area contributed by atoms with Crippen LogP contribution in [0.25, 0.3) is 100 Å². The molecule has 4 heteroatoms. The van der Waals surface area contributed by atoms with E-state index in [1.54, 1.807) is 0 Å². The molecule has 3 aromatic heterocycles. The van der Waals surface area contributed by atoms with Crippen molar-refractivity contribution in [2.45, 2.75) is 13.3 Å². The van der Waals surface area contributed by atoms with Crippen LogP contribution in [0.1, 0.15) is 18.2 Å². The minimum atomic E-state index is 0.458. The Kier molecular flexibility index (Phi) is 4.86. The lowest BCUT2D eigenvalue weighted by Crippen LogP contribution is -2.08. The summed E-state index contributed by atoms with van der Waals surface area (Å²) in [6.07, 6.45) is 5.54. The highest BCUT2D eigenvalue weighted by molar-refractivity contribution is 6.21. The molecule has 2 aliphatic rings. The SMILES string of the molecule is CC1C=Cc2c(c3cc4ccccc4cc3n2-c2nc(-c3ccc4c5c(cccc35)-c3ccccc3-4)c3c(n2)oc2ccccc23)C1. The second-order valence-electron chi connectivity index (χ2n) is 13.0. The van der Waals surface area contributed by atoms with Gasteiger partial charge in [-0.05, 0) is 86.0 Å². The topological polar surface area (TPSA) is 43.9 Å². The van der Waals surface area contributed by atoms with Gasteiger partial charge in [-0.3, -0.25) is 4.57 Å². The first-order valence-corrected chi connectivity index (χ1v) is 16.3. The monoisotopic (exact) mass is 601 g/mol. The van der Waals surface area contributed by atoms with Gasteiger partial charge in [0.1, 0.15) is 5.58 Å². The molecular formula is C43H27N3O. The van der Waals surface area contributed by atoms with Crippen LogP contribution in [-0.2, 0) is 6.42 Å². The Labute approximate surface area is 270 Å². The Morgan fingerprint density at radius 2 is 1.34 bits per heavy atom. The minimum Gasteiger partial charge on any atom is -0.437 e. The van der Waals surface area contributed by atoms with Crippen LogP contribution in [0.3, 0.4) is 0 Å². The van der Waals surface area contributed by atoms with E-state index >= 15 is 0 Å². The van der Waals surface area contributed by atoms with Gasteiger partial charge in [-0.2, -0.15) is 4.98 Å². The summed E-state index contributed by atoms with van der Waals surface area (Å²) in [7, 11) is 0. The van der Waals surface area contributed by atoms with Crippen molar-refractivity contribution in [1.29, 1.82) is 0 Å². The Bertz CT molecular complexity index is 2820. The average Bonchev–Trinajstić information content (AvgIpc) is 3.75. The van der Waals surface area contributed by atoms with Gasteiger partial charge < -0.3 is 4.42 Å². The minimum absolute atomic E-state index is 0.458. The third kappa shape index (κ3) is 3.37. The van der Waals surface area contributed by atoms with E-state index in [1.807, 2.05) is 12.1 Å². The van der Waals surface area contributed by atoms with Gasteiger partial charge in [0.25, 0.3) is 0 Å². The van der Waals surface area contributed by atoms with Crippen LogP contribution < -0.4 is 0 Å². The van der Waals surface area contributed by atoms with E-state index in [-0.39, 0.29) is 0 Å². The molecule has 4 nitrogen and oxygen atoms in total. The molecule has 3 heterocycles.